The van der Waals surface area contributed by atoms with E-state index in [1.807, 2.05) is 0 Å². The quantitative estimate of drug-likeness (QED) is 0.808. The van der Waals surface area contributed by atoms with Crippen LogP contribution < -0.4 is 4.74 Å². The molecule has 0 aliphatic carbocycles. The van der Waals surface area contributed by atoms with Crippen LogP contribution in [0.5, 0.6) is 5.75 Å². The van der Waals surface area contributed by atoms with E-state index in [4.69, 9.17) is 14.9 Å². The van der Waals surface area contributed by atoms with Crippen molar-refractivity contribution in [3.63, 3.8) is 0 Å². The second-order valence-electron chi connectivity index (χ2n) is 4.11. The Morgan fingerprint density at radius 1 is 1.33 bits per heavy atom. The molecular formula is C13H16O5. The zero-order chi connectivity index (χ0) is 13.7. The van der Waals surface area contributed by atoms with Crippen molar-refractivity contribution >= 4 is 11.9 Å². The van der Waals surface area contributed by atoms with Gasteiger partial charge in [0.2, 0.25) is 0 Å². The molecule has 2 atom stereocenters. The lowest BCUT2D eigenvalue weighted by Gasteiger charge is -2.19. The number of carbonyl (C=O) groups is 2. The normalized spacial score (nSPS) is 13.7. The van der Waals surface area contributed by atoms with Gasteiger partial charge in [-0.3, -0.25) is 9.59 Å². The van der Waals surface area contributed by atoms with Crippen LogP contribution >= 0.6 is 0 Å². The molecule has 0 aliphatic heterocycles. The van der Waals surface area contributed by atoms with Crippen LogP contribution in [0, 0.1) is 5.92 Å². The number of hydrogen-bond donors (Lipinski definition) is 2. The summed E-state index contributed by atoms with van der Waals surface area (Å²) in [7, 11) is 1.52. The molecule has 1 aromatic carbocycles. The van der Waals surface area contributed by atoms with Gasteiger partial charge in [0, 0.05) is 0 Å². The van der Waals surface area contributed by atoms with Crippen molar-refractivity contribution in [3.05, 3.63) is 29.8 Å². The fraction of sp³-hybridized carbons (Fsp3) is 0.385. The summed E-state index contributed by atoms with van der Waals surface area (Å²) in [5.74, 6) is -2.94. The maximum absolute atomic E-state index is 11.1. The van der Waals surface area contributed by atoms with E-state index in [0.717, 1.165) is 5.56 Å². The molecule has 0 unspecified atom stereocenters. The van der Waals surface area contributed by atoms with E-state index in [1.54, 1.807) is 31.2 Å². The minimum absolute atomic E-state index is 0.395. The molecular weight excluding hydrogens is 236 g/mol. The van der Waals surface area contributed by atoms with Gasteiger partial charge in [-0.2, -0.15) is 0 Å². The second kappa shape index (κ2) is 6.05. The Bertz CT molecular complexity index is 441. The van der Waals surface area contributed by atoms with Gasteiger partial charge in [-0.05, 0) is 23.6 Å². The smallest absolute Gasteiger partial charge is 0.307 e. The van der Waals surface area contributed by atoms with Crippen LogP contribution in [0.25, 0.3) is 0 Å². The van der Waals surface area contributed by atoms with Gasteiger partial charge in [-0.1, -0.05) is 19.1 Å². The zero-order valence-corrected chi connectivity index (χ0v) is 10.3. The number of carboxylic acid groups (broad SMARTS) is 2. The molecule has 1 rings (SSSR count). The number of ether oxygens (including phenoxy) is 1. The maximum Gasteiger partial charge on any atom is 0.307 e. The van der Waals surface area contributed by atoms with Gasteiger partial charge in [-0.15, -0.1) is 0 Å². The van der Waals surface area contributed by atoms with Gasteiger partial charge in [0.15, 0.2) is 0 Å². The van der Waals surface area contributed by atoms with Crippen LogP contribution in [0.4, 0.5) is 0 Å². The molecule has 2 N–H and O–H groups in total. The van der Waals surface area contributed by atoms with E-state index in [9.17, 15) is 9.59 Å². The molecule has 0 aromatic heterocycles. The first-order valence-electron chi connectivity index (χ1n) is 5.54. The standard InChI is InChI=1S/C13H16O5/c1-8(11(13(16)17)7-12(14)15)9-4-3-5-10(6-9)18-2/h3-6,8,11H,7H2,1-2H3,(H,14,15)(H,16,17)/t8-,11+/m1/s1. The molecule has 0 saturated carbocycles. The fourth-order valence-corrected chi connectivity index (χ4v) is 1.82. The Kier molecular flexibility index (Phi) is 4.71. The van der Waals surface area contributed by atoms with E-state index < -0.39 is 30.2 Å². The van der Waals surface area contributed by atoms with Crippen molar-refractivity contribution in [2.45, 2.75) is 19.3 Å². The maximum atomic E-state index is 11.1. The second-order valence-corrected chi connectivity index (χ2v) is 4.11. The summed E-state index contributed by atoms with van der Waals surface area (Å²) < 4.78 is 5.06. The average molecular weight is 252 g/mol. The molecule has 0 heterocycles. The van der Waals surface area contributed by atoms with E-state index in [0.29, 0.717) is 5.75 Å². The fourth-order valence-electron chi connectivity index (χ4n) is 1.82. The molecule has 0 aliphatic rings. The zero-order valence-electron chi connectivity index (χ0n) is 10.3. The van der Waals surface area contributed by atoms with Crippen molar-refractivity contribution in [2.24, 2.45) is 5.92 Å². The monoisotopic (exact) mass is 252 g/mol. The third-order valence-corrected chi connectivity index (χ3v) is 2.93. The molecule has 0 bridgehead atoms. The summed E-state index contributed by atoms with van der Waals surface area (Å²) in [5, 5.41) is 17.8. The first-order valence-corrected chi connectivity index (χ1v) is 5.54. The summed E-state index contributed by atoms with van der Waals surface area (Å²) in [6.07, 6.45) is -0.395. The van der Waals surface area contributed by atoms with E-state index in [1.165, 1.54) is 7.11 Å². The lowest BCUT2D eigenvalue weighted by atomic mass is 9.85. The summed E-state index contributed by atoms with van der Waals surface area (Å²) in [6, 6.07) is 7.00. The highest BCUT2D eigenvalue weighted by atomic mass is 16.5. The molecule has 98 valence electrons. The van der Waals surface area contributed by atoms with Gasteiger partial charge in [-0.25, -0.2) is 0 Å². The lowest BCUT2D eigenvalue weighted by molar-refractivity contribution is -0.149. The van der Waals surface area contributed by atoms with Crippen LogP contribution in [0.3, 0.4) is 0 Å². The van der Waals surface area contributed by atoms with Gasteiger partial charge in [0.05, 0.1) is 19.4 Å². The van der Waals surface area contributed by atoms with Crippen molar-refractivity contribution in [1.82, 2.24) is 0 Å². The Labute approximate surface area is 105 Å². The number of hydrogen-bond acceptors (Lipinski definition) is 3. The Hall–Kier alpha value is -2.04. The van der Waals surface area contributed by atoms with Crippen LogP contribution in [-0.4, -0.2) is 29.3 Å². The van der Waals surface area contributed by atoms with Crippen LogP contribution in [0.15, 0.2) is 24.3 Å². The summed E-state index contributed by atoms with van der Waals surface area (Å²) >= 11 is 0. The topological polar surface area (TPSA) is 83.8 Å². The third kappa shape index (κ3) is 3.48. The van der Waals surface area contributed by atoms with Crippen LogP contribution in [-0.2, 0) is 9.59 Å². The van der Waals surface area contributed by atoms with Crippen molar-refractivity contribution in [1.29, 1.82) is 0 Å². The highest BCUT2D eigenvalue weighted by Crippen LogP contribution is 2.29. The van der Waals surface area contributed by atoms with Crippen molar-refractivity contribution in [3.8, 4) is 5.75 Å². The van der Waals surface area contributed by atoms with Gasteiger partial charge in [0.25, 0.3) is 0 Å². The summed E-state index contributed by atoms with van der Waals surface area (Å²) in [4.78, 5) is 21.8. The summed E-state index contributed by atoms with van der Waals surface area (Å²) in [5.41, 5.74) is 0.753. The number of aliphatic carboxylic acids is 2. The van der Waals surface area contributed by atoms with Crippen molar-refractivity contribution < 1.29 is 24.5 Å². The molecule has 0 amide bonds. The molecule has 0 fully saturated rings. The lowest BCUT2D eigenvalue weighted by Crippen LogP contribution is -2.23. The van der Waals surface area contributed by atoms with E-state index in [2.05, 4.69) is 0 Å². The third-order valence-electron chi connectivity index (χ3n) is 2.93. The first kappa shape index (κ1) is 14.0. The molecule has 5 heteroatoms. The molecule has 18 heavy (non-hydrogen) atoms. The Balaban J connectivity index is 2.97. The van der Waals surface area contributed by atoms with Crippen LogP contribution in [0.2, 0.25) is 0 Å². The van der Waals surface area contributed by atoms with Crippen molar-refractivity contribution in [2.75, 3.05) is 7.11 Å². The number of rotatable bonds is 6. The van der Waals surface area contributed by atoms with E-state index in [-0.39, 0.29) is 0 Å². The average Bonchev–Trinajstić information content (AvgIpc) is 2.34. The molecule has 0 radical (unpaired) electrons. The van der Waals surface area contributed by atoms with Gasteiger partial charge >= 0.3 is 11.9 Å². The summed E-state index contributed by atoms with van der Waals surface area (Å²) in [6.45, 7) is 1.70. The van der Waals surface area contributed by atoms with Gasteiger partial charge in [0.1, 0.15) is 5.75 Å². The Morgan fingerprint density at radius 3 is 2.50 bits per heavy atom. The highest BCUT2D eigenvalue weighted by molar-refractivity contribution is 5.78. The highest BCUT2D eigenvalue weighted by Gasteiger charge is 2.28. The minimum atomic E-state index is -1.11. The Morgan fingerprint density at radius 2 is 2.00 bits per heavy atom. The first-order chi connectivity index (χ1) is 8.45. The van der Waals surface area contributed by atoms with Crippen LogP contribution in [0.1, 0.15) is 24.8 Å². The van der Waals surface area contributed by atoms with E-state index >= 15 is 0 Å². The molecule has 0 saturated heterocycles. The number of carboxylic acids is 2. The molecule has 1 aromatic rings. The predicted molar refractivity (Wildman–Crippen MR) is 64.8 cm³/mol. The predicted octanol–water partition coefficient (Wildman–Crippen LogP) is 1.97. The largest absolute Gasteiger partial charge is 0.497 e. The number of benzene rings is 1. The van der Waals surface area contributed by atoms with Gasteiger partial charge < -0.3 is 14.9 Å². The minimum Gasteiger partial charge on any atom is -0.497 e. The molecule has 0 spiro atoms. The molecule has 5 nitrogen and oxygen atoms in total. The SMILES string of the molecule is COc1cccc([C@@H](C)[C@H](CC(=O)O)C(=O)O)c1. The number of methoxy groups -OCH3 is 1.